The Morgan fingerprint density at radius 1 is 1.17 bits per heavy atom. The second kappa shape index (κ2) is 7.80. The Morgan fingerprint density at radius 2 is 1.96 bits per heavy atom. The Hall–Kier alpha value is -2.31. The molecule has 0 aliphatic rings. The monoisotopic (exact) mass is 353 g/mol. The van der Waals surface area contributed by atoms with E-state index in [0.717, 1.165) is 0 Å². The van der Waals surface area contributed by atoms with Crippen molar-refractivity contribution >= 4 is 40.7 Å². The number of nitrogens with zero attached hydrogens (tertiary/aromatic N) is 1. The van der Waals surface area contributed by atoms with Crippen LogP contribution >= 0.6 is 23.2 Å². The lowest BCUT2D eigenvalue weighted by atomic mass is 10.1. The van der Waals surface area contributed by atoms with Crippen molar-refractivity contribution in [1.82, 2.24) is 10.7 Å². The molecule has 2 amide bonds. The number of amides is 2. The van der Waals surface area contributed by atoms with Crippen LogP contribution in [0, 0.1) is 0 Å². The zero-order valence-electron chi connectivity index (χ0n) is 12.1. The van der Waals surface area contributed by atoms with Crippen LogP contribution in [0.15, 0.2) is 46.1 Å². The van der Waals surface area contributed by atoms with E-state index in [2.05, 4.69) is 15.8 Å². The molecule has 23 heavy (non-hydrogen) atoms. The molecular weight excluding hydrogens is 341 g/mol. The number of hydrogen-bond donors (Lipinski definition) is 2. The summed E-state index contributed by atoms with van der Waals surface area (Å²) < 4.78 is 5.04. The van der Waals surface area contributed by atoms with Crippen LogP contribution in [0.25, 0.3) is 0 Å². The van der Waals surface area contributed by atoms with Crippen LogP contribution in [-0.2, 0) is 16.1 Å². The van der Waals surface area contributed by atoms with Gasteiger partial charge < -0.3 is 9.73 Å². The highest BCUT2D eigenvalue weighted by molar-refractivity contribution is 6.42. The summed E-state index contributed by atoms with van der Waals surface area (Å²) in [5, 5.41) is 7.07. The normalized spacial score (nSPS) is 11.2. The number of hydrazone groups is 1. The first-order valence-corrected chi connectivity index (χ1v) is 7.33. The van der Waals surface area contributed by atoms with Gasteiger partial charge in [-0.25, -0.2) is 5.43 Å². The maximum atomic E-state index is 11.7. The molecule has 6 nitrogen and oxygen atoms in total. The molecule has 0 atom stereocenters. The van der Waals surface area contributed by atoms with E-state index in [-0.39, 0.29) is 6.54 Å². The summed E-state index contributed by atoms with van der Waals surface area (Å²) in [4.78, 5) is 23.3. The standard InChI is InChI=1S/C15H13Cl2N3O3/c1-9(10-4-5-12(16)13(17)7-10)19-20-15(22)14(21)18-8-11-3-2-6-23-11/h2-7H,8H2,1H3,(H,18,21)(H,20,22)/b19-9-. The lowest BCUT2D eigenvalue weighted by Gasteiger charge is -2.05. The molecule has 1 aromatic carbocycles. The third-order valence-electron chi connectivity index (χ3n) is 2.87. The first kappa shape index (κ1) is 17.1. The number of furan rings is 1. The van der Waals surface area contributed by atoms with E-state index in [1.807, 2.05) is 0 Å². The number of rotatable bonds is 4. The fraction of sp³-hybridized carbons (Fsp3) is 0.133. The number of benzene rings is 1. The van der Waals surface area contributed by atoms with Crippen LogP contribution in [0.2, 0.25) is 10.0 Å². The van der Waals surface area contributed by atoms with Gasteiger partial charge in [-0.15, -0.1) is 0 Å². The fourth-order valence-electron chi connectivity index (χ4n) is 1.63. The van der Waals surface area contributed by atoms with Gasteiger partial charge in [0.25, 0.3) is 0 Å². The number of nitrogens with one attached hydrogen (secondary N) is 2. The Labute approximate surface area is 142 Å². The Morgan fingerprint density at radius 3 is 2.61 bits per heavy atom. The molecule has 0 saturated carbocycles. The maximum Gasteiger partial charge on any atom is 0.329 e. The Bertz CT molecular complexity index is 742. The molecule has 0 fully saturated rings. The predicted octanol–water partition coefficient (Wildman–Crippen LogP) is 2.74. The molecule has 0 aliphatic heterocycles. The van der Waals surface area contributed by atoms with Gasteiger partial charge in [0.2, 0.25) is 0 Å². The molecule has 1 heterocycles. The molecule has 2 N–H and O–H groups in total. The molecule has 0 bridgehead atoms. The third kappa shape index (κ3) is 4.84. The minimum absolute atomic E-state index is 0.120. The summed E-state index contributed by atoms with van der Waals surface area (Å²) in [7, 11) is 0. The summed E-state index contributed by atoms with van der Waals surface area (Å²) in [5.41, 5.74) is 3.33. The van der Waals surface area contributed by atoms with Crippen LogP contribution in [0.1, 0.15) is 18.2 Å². The highest BCUT2D eigenvalue weighted by Gasteiger charge is 2.13. The lowest BCUT2D eigenvalue weighted by Crippen LogP contribution is -2.37. The number of halogens is 2. The molecule has 120 valence electrons. The van der Waals surface area contributed by atoms with E-state index in [1.54, 1.807) is 37.3 Å². The molecular formula is C15H13Cl2N3O3. The van der Waals surface area contributed by atoms with Crippen LogP contribution in [-0.4, -0.2) is 17.5 Å². The van der Waals surface area contributed by atoms with Crippen LogP contribution in [0.5, 0.6) is 0 Å². The summed E-state index contributed by atoms with van der Waals surface area (Å²) in [6.07, 6.45) is 1.48. The molecule has 2 rings (SSSR count). The van der Waals surface area contributed by atoms with E-state index < -0.39 is 11.8 Å². The highest BCUT2D eigenvalue weighted by Crippen LogP contribution is 2.22. The molecule has 1 aromatic heterocycles. The number of carbonyl (C=O) groups excluding carboxylic acids is 2. The summed E-state index contributed by atoms with van der Waals surface area (Å²) in [6, 6.07) is 8.31. The number of carbonyl (C=O) groups is 2. The van der Waals surface area contributed by atoms with Crippen LogP contribution < -0.4 is 10.7 Å². The Kier molecular flexibility index (Phi) is 5.78. The molecule has 8 heteroatoms. The average molecular weight is 354 g/mol. The highest BCUT2D eigenvalue weighted by atomic mass is 35.5. The van der Waals surface area contributed by atoms with Crippen molar-refractivity contribution in [3.8, 4) is 0 Å². The predicted molar refractivity (Wildman–Crippen MR) is 87.4 cm³/mol. The van der Waals surface area contributed by atoms with E-state index in [9.17, 15) is 9.59 Å². The summed E-state index contributed by atoms with van der Waals surface area (Å²) in [6.45, 7) is 1.79. The lowest BCUT2D eigenvalue weighted by molar-refractivity contribution is -0.139. The van der Waals surface area contributed by atoms with Gasteiger partial charge in [-0.3, -0.25) is 9.59 Å². The second-order valence-electron chi connectivity index (χ2n) is 4.53. The van der Waals surface area contributed by atoms with Crippen molar-refractivity contribution in [3.63, 3.8) is 0 Å². The van der Waals surface area contributed by atoms with Crippen molar-refractivity contribution in [2.75, 3.05) is 0 Å². The molecule has 0 unspecified atom stereocenters. The van der Waals surface area contributed by atoms with E-state index in [0.29, 0.717) is 27.1 Å². The van der Waals surface area contributed by atoms with Gasteiger partial charge in [0, 0.05) is 0 Å². The zero-order chi connectivity index (χ0) is 16.8. The maximum absolute atomic E-state index is 11.7. The van der Waals surface area contributed by atoms with Crippen molar-refractivity contribution < 1.29 is 14.0 Å². The van der Waals surface area contributed by atoms with Crippen molar-refractivity contribution in [2.24, 2.45) is 5.10 Å². The SMILES string of the molecule is C/C(=N/NC(=O)C(=O)NCc1ccco1)c1ccc(Cl)c(Cl)c1. The van der Waals surface area contributed by atoms with Crippen LogP contribution in [0.3, 0.4) is 0 Å². The number of hydrogen-bond acceptors (Lipinski definition) is 4. The summed E-state index contributed by atoms with van der Waals surface area (Å²) >= 11 is 11.7. The van der Waals surface area contributed by atoms with Gasteiger partial charge in [-0.2, -0.15) is 5.10 Å². The molecule has 0 aliphatic carbocycles. The van der Waals surface area contributed by atoms with Gasteiger partial charge in [-0.05, 0) is 36.8 Å². The quantitative estimate of drug-likeness (QED) is 0.503. The fourth-order valence-corrected chi connectivity index (χ4v) is 1.93. The smallest absolute Gasteiger partial charge is 0.329 e. The first-order chi connectivity index (χ1) is 11.0. The second-order valence-corrected chi connectivity index (χ2v) is 5.34. The van der Waals surface area contributed by atoms with Crippen molar-refractivity contribution in [3.05, 3.63) is 58.0 Å². The molecule has 0 saturated heterocycles. The van der Waals surface area contributed by atoms with Gasteiger partial charge in [0.05, 0.1) is 28.6 Å². The minimum Gasteiger partial charge on any atom is -0.467 e. The van der Waals surface area contributed by atoms with Crippen LogP contribution in [0.4, 0.5) is 0 Å². The average Bonchev–Trinajstić information content (AvgIpc) is 3.05. The van der Waals surface area contributed by atoms with Gasteiger partial charge in [0.1, 0.15) is 5.76 Å². The van der Waals surface area contributed by atoms with E-state index >= 15 is 0 Å². The van der Waals surface area contributed by atoms with Gasteiger partial charge in [0.15, 0.2) is 0 Å². The van der Waals surface area contributed by atoms with Crippen molar-refractivity contribution in [1.29, 1.82) is 0 Å². The largest absolute Gasteiger partial charge is 0.467 e. The topological polar surface area (TPSA) is 83.7 Å². The van der Waals surface area contributed by atoms with Gasteiger partial charge >= 0.3 is 11.8 Å². The first-order valence-electron chi connectivity index (χ1n) is 6.57. The molecule has 2 aromatic rings. The zero-order valence-corrected chi connectivity index (χ0v) is 13.6. The van der Waals surface area contributed by atoms with E-state index in [1.165, 1.54) is 6.26 Å². The molecule has 0 spiro atoms. The van der Waals surface area contributed by atoms with E-state index in [4.69, 9.17) is 27.6 Å². The third-order valence-corrected chi connectivity index (χ3v) is 3.61. The minimum atomic E-state index is -0.879. The Balaban J connectivity index is 1.91. The van der Waals surface area contributed by atoms with Gasteiger partial charge in [-0.1, -0.05) is 29.3 Å². The van der Waals surface area contributed by atoms with Crippen molar-refractivity contribution in [2.45, 2.75) is 13.5 Å². The summed E-state index contributed by atoms with van der Waals surface area (Å²) in [5.74, 6) is -1.15. The molecule has 0 radical (unpaired) electrons.